The van der Waals surface area contributed by atoms with Crippen LogP contribution in [-0.2, 0) is 0 Å². The monoisotopic (exact) mass is 221 g/mol. The minimum absolute atomic E-state index is 0.0194. The molecule has 0 atom stereocenters. The molecule has 0 unspecified atom stereocenters. The molecule has 86 valence electrons. The number of benzene rings is 1. The third kappa shape index (κ3) is 2.98. The van der Waals surface area contributed by atoms with Crippen LogP contribution in [0.15, 0.2) is 18.2 Å². The maximum atomic E-state index is 11.7. The number of carbonyl (C=O) groups excluding carboxylic acids is 2. The smallest absolute Gasteiger partial charge is 0.251 e. The van der Waals surface area contributed by atoms with Crippen molar-refractivity contribution in [2.24, 2.45) is 5.73 Å². The quantitative estimate of drug-likeness (QED) is 0.648. The largest absolute Gasteiger partial charge is 0.399 e. The van der Waals surface area contributed by atoms with E-state index in [2.05, 4.69) is 5.32 Å². The zero-order valence-corrected chi connectivity index (χ0v) is 9.28. The van der Waals surface area contributed by atoms with Crippen LogP contribution in [-0.4, -0.2) is 17.9 Å². The van der Waals surface area contributed by atoms with E-state index in [1.807, 2.05) is 13.8 Å². The van der Waals surface area contributed by atoms with Crippen molar-refractivity contribution in [2.75, 3.05) is 5.73 Å². The second-order valence-corrected chi connectivity index (χ2v) is 3.84. The number of rotatable bonds is 3. The number of hydrogen-bond acceptors (Lipinski definition) is 3. The first kappa shape index (κ1) is 12.0. The number of hydrogen-bond donors (Lipinski definition) is 3. The van der Waals surface area contributed by atoms with Crippen molar-refractivity contribution in [1.29, 1.82) is 0 Å². The van der Waals surface area contributed by atoms with Crippen molar-refractivity contribution in [3.05, 3.63) is 29.3 Å². The van der Waals surface area contributed by atoms with Gasteiger partial charge in [-0.25, -0.2) is 0 Å². The van der Waals surface area contributed by atoms with Crippen molar-refractivity contribution in [3.8, 4) is 0 Å². The lowest BCUT2D eigenvalue weighted by Crippen LogP contribution is -2.30. The fourth-order valence-electron chi connectivity index (χ4n) is 1.27. The maximum absolute atomic E-state index is 11.7. The molecule has 1 rings (SSSR count). The molecule has 0 aromatic heterocycles. The highest BCUT2D eigenvalue weighted by Gasteiger charge is 2.10. The molecule has 1 aromatic carbocycles. The van der Waals surface area contributed by atoms with E-state index in [1.165, 1.54) is 18.2 Å². The molecule has 16 heavy (non-hydrogen) atoms. The minimum Gasteiger partial charge on any atom is -0.399 e. The number of amides is 2. The Labute approximate surface area is 93.8 Å². The van der Waals surface area contributed by atoms with Gasteiger partial charge in [-0.3, -0.25) is 9.59 Å². The maximum Gasteiger partial charge on any atom is 0.251 e. The van der Waals surface area contributed by atoms with Gasteiger partial charge in [0.1, 0.15) is 0 Å². The second kappa shape index (κ2) is 4.65. The van der Waals surface area contributed by atoms with Crippen LogP contribution >= 0.6 is 0 Å². The first-order valence-electron chi connectivity index (χ1n) is 4.91. The molecule has 0 bridgehead atoms. The number of nitrogens with one attached hydrogen (secondary N) is 1. The Bertz CT molecular complexity index is 427. The van der Waals surface area contributed by atoms with Gasteiger partial charge >= 0.3 is 0 Å². The molecule has 5 heteroatoms. The average Bonchev–Trinajstić information content (AvgIpc) is 2.15. The molecular formula is C11H15N3O2. The fraction of sp³-hybridized carbons (Fsp3) is 0.273. The summed E-state index contributed by atoms with van der Waals surface area (Å²) in [6.45, 7) is 3.69. The summed E-state index contributed by atoms with van der Waals surface area (Å²) in [6, 6.07) is 4.39. The molecule has 0 aliphatic rings. The summed E-state index contributed by atoms with van der Waals surface area (Å²) < 4.78 is 0. The van der Waals surface area contributed by atoms with Crippen molar-refractivity contribution in [1.82, 2.24) is 5.32 Å². The van der Waals surface area contributed by atoms with E-state index in [0.717, 1.165) is 0 Å². The van der Waals surface area contributed by atoms with Crippen LogP contribution in [0.1, 0.15) is 34.6 Å². The summed E-state index contributed by atoms with van der Waals surface area (Å²) in [7, 11) is 0. The highest BCUT2D eigenvalue weighted by Crippen LogP contribution is 2.12. The van der Waals surface area contributed by atoms with Gasteiger partial charge in [-0.2, -0.15) is 0 Å². The van der Waals surface area contributed by atoms with Gasteiger partial charge in [0.15, 0.2) is 0 Å². The van der Waals surface area contributed by atoms with Crippen molar-refractivity contribution in [3.63, 3.8) is 0 Å². The summed E-state index contributed by atoms with van der Waals surface area (Å²) >= 11 is 0. The molecule has 2 amide bonds. The highest BCUT2D eigenvalue weighted by molar-refractivity contribution is 6.00. The van der Waals surface area contributed by atoms with Crippen LogP contribution < -0.4 is 16.8 Å². The topological polar surface area (TPSA) is 98.2 Å². The number of primary amides is 1. The molecular weight excluding hydrogens is 206 g/mol. The molecule has 0 fully saturated rings. The van der Waals surface area contributed by atoms with Crippen molar-refractivity contribution in [2.45, 2.75) is 19.9 Å². The Morgan fingerprint density at radius 3 is 2.25 bits per heavy atom. The molecule has 0 aliphatic heterocycles. The lowest BCUT2D eigenvalue weighted by molar-refractivity contribution is 0.0943. The number of anilines is 1. The Kier molecular flexibility index (Phi) is 3.50. The average molecular weight is 221 g/mol. The SMILES string of the molecule is CC(C)NC(=O)c1cc(N)cc(C(N)=O)c1. The van der Waals surface area contributed by atoms with Gasteiger partial charge < -0.3 is 16.8 Å². The molecule has 0 radical (unpaired) electrons. The van der Waals surface area contributed by atoms with E-state index in [-0.39, 0.29) is 17.5 Å². The van der Waals surface area contributed by atoms with E-state index < -0.39 is 5.91 Å². The molecule has 0 saturated carbocycles. The van der Waals surface area contributed by atoms with E-state index in [4.69, 9.17) is 11.5 Å². The third-order valence-corrected chi connectivity index (χ3v) is 1.92. The van der Waals surface area contributed by atoms with Crippen molar-refractivity contribution < 1.29 is 9.59 Å². The van der Waals surface area contributed by atoms with E-state index in [9.17, 15) is 9.59 Å². The van der Waals surface area contributed by atoms with Gasteiger partial charge in [-0.1, -0.05) is 0 Å². The first-order chi connectivity index (χ1) is 7.40. The van der Waals surface area contributed by atoms with Crippen LogP contribution in [0.25, 0.3) is 0 Å². The summed E-state index contributed by atoms with van der Waals surface area (Å²) in [5.74, 6) is -0.879. The number of nitrogens with two attached hydrogens (primary N) is 2. The Hall–Kier alpha value is -2.04. The van der Waals surface area contributed by atoms with Gasteiger partial charge in [0, 0.05) is 22.9 Å². The van der Waals surface area contributed by atoms with Crippen LogP contribution in [0.3, 0.4) is 0 Å². The van der Waals surface area contributed by atoms with Gasteiger partial charge in [0.25, 0.3) is 5.91 Å². The Balaban J connectivity index is 3.05. The summed E-state index contributed by atoms with van der Waals surface area (Å²) in [5, 5.41) is 2.71. The zero-order valence-electron chi connectivity index (χ0n) is 9.28. The lowest BCUT2D eigenvalue weighted by Gasteiger charge is -2.09. The summed E-state index contributed by atoms with van der Waals surface area (Å²) in [5.41, 5.74) is 11.6. The predicted molar refractivity (Wildman–Crippen MR) is 62.0 cm³/mol. The minimum atomic E-state index is -0.606. The normalized spacial score (nSPS) is 10.2. The Morgan fingerprint density at radius 2 is 1.75 bits per heavy atom. The third-order valence-electron chi connectivity index (χ3n) is 1.92. The van der Waals surface area contributed by atoms with Crippen LogP contribution in [0.2, 0.25) is 0 Å². The van der Waals surface area contributed by atoms with E-state index in [0.29, 0.717) is 11.3 Å². The zero-order chi connectivity index (χ0) is 12.3. The molecule has 1 aromatic rings. The molecule has 5 N–H and O–H groups in total. The standard InChI is InChI=1S/C11H15N3O2/c1-6(2)14-11(16)8-3-7(10(13)15)4-9(12)5-8/h3-6H,12H2,1-2H3,(H2,13,15)(H,14,16). The molecule has 5 nitrogen and oxygen atoms in total. The molecule has 0 saturated heterocycles. The summed E-state index contributed by atoms with van der Waals surface area (Å²) in [4.78, 5) is 22.6. The van der Waals surface area contributed by atoms with E-state index >= 15 is 0 Å². The summed E-state index contributed by atoms with van der Waals surface area (Å²) in [6.07, 6.45) is 0. The first-order valence-corrected chi connectivity index (χ1v) is 4.91. The van der Waals surface area contributed by atoms with Gasteiger partial charge in [0.05, 0.1) is 0 Å². The Morgan fingerprint density at radius 1 is 1.19 bits per heavy atom. The molecule has 0 aliphatic carbocycles. The number of carbonyl (C=O) groups is 2. The van der Waals surface area contributed by atoms with E-state index in [1.54, 1.807) is 0 Å². The van der Waals surface area contributed by atoms with Crippen molar-refractivity contribution >= 4 is 17.5 Å². The van der Waals surface area contributed by atoms with Gasteiger partial charge in [-0.15, -0.1) is 0 Å². The molecule has 0 heterocycles. The van der Waals surface area contributed by atoms with Gasteiger partial charge in [-0.05, 0) is 32.0 Å². The second-order valence-electron chi connectivity index (χ2n) is 3.84. The highest BCUT2D eigenvalue weighted by atomic mass is 16.2. The van der Waals surface area contributed by atoms with Gasteiger partial charge in [0.2, 0.25) is 5.91 Å². The van der Waals surface area contributed by atoms with Crippen LogP contribution in [0.5, 0.6) is 0 Å². The molecule has 0 spiro atoms. The van der Waals surface area contributed by atoms with Crippen LogP contribution in [0.4, 0.5) is 5.69 Å². The number of nitrogen functional groups attached to an aromatic ring is 1. The lowest BCUT2D eigenvalue weighted by atomic mass is 10.1. The fourth-order valence-corrected chi connectivity index (χ4v) is 1.27. The van der Waals surface area contributed by atoms with Crippen LogP contribution in [0, 0.1) is 0 Å². The predicted octanol–water partition coefficient (Wildman–Crippen LogP) is 0.506.